The topological polar surface area (TPSA) is 180 Å². The summed E-state index contributed by atoms with van der Waals surface area (Å²) in [7, 11) is -22.1. The van der Waals surface area contributed by atoms with Gasteiger partial charge in [0, 0.05) is 16.7 Å². The van der Waals surface area contributed by atoms with E-state index < -0.39 is 188 Å². The molecule has 2 aromatic carbocycles. The van der Waals surface area contributed by atoms with E-state index in [9.17, 15) is 14.4 Å². The van der Waals surface area contributed by atoms with E-state index in [2.05, 4.69) is 265 Å². The summed E-state index contributed by atoms with van der Waals surface area (Å²) in [6.07, 6.45) is 6.47. The third-order valence-corrected chi connectivity index (χ3v) is 100. The van der Waals surface area contributed by atoms with Crippen molar-refractivity contribution in [2.75, 3.05) is 19.8 Å². The van der Waals surface area contributed by atoms with Crippen molar-refractivity contribution in [3.63, 3.8) is 0 Å². The van der Waals surface area contributed by atoms with E-state index in [0.717, 1.165) is 43.4 Å². The molecule has 0 bridgehead atoms. The predicted molar refractivity (Wildman–Crippen MR) is 543 cm³/mol. The number of ether oxygens (including phenoxy) is 3. The molecule has 17 nitrogen and oxygen atoms in total. The summed E-state index contributed by atoms with van der Waals surface area (Å²) in [6, 6.07) is 21.6. The molecule has 0 aliphatic carbocycles. The van der Waals surface area contributed by atoms with Gasteiger partial charge in [0.15, 0.2) is 140 Å². The highest BCUT2D eigenvalue weighted by atomic mass is 28.5. The Morgan fingerprint density at radius 2 is 0.694 bits per heavy atom. The first-order chi connectivity index (χ1) is 50.8. The molecule has 3 unspecified atom stereocenters. The summed E-state index contributed by atoms with van der Waals surface area (Å²) in [5.74, 6) is -0.872. The van der Waals surface area contributed by atoms with Crippen LogP contribution in [0.2, 0.25) is 235 Å². The number of benzene rings is 2. The van der Waals surface area contributed by atoms with Crippen molar-refractivity contribution in [3.8, 4) is 0 Å². The highest BCUT2D eigenvalue weighted by Crippen LogP contribution is 2.22. The van der Waals surface area contributed by atoms with Gasteiger partial charge in [-0.1, -0.05) is 93.6 Å². The van der Waals surface area contributed by atoms with Gasteiger partial charge < -0.3 is 59.5 Å². The van der Waals surface area contributed by atoms with Crippen LogP contribution in [0.1, 0.15) is 56.7 Å². The number of esters is 3. The summed E-state index contributed by atoms with van der Waals surface area (Å²) in [5.41, 5.74) is 12.5. The largest absolute Gasteiger partial charge is 0.463 e. The van der Waals surface area contributed by atoms with Crippen LogP contribution in [-0.2, 0) is 79.9 Å². The molecule has 0 saturated carbocycles. The maximum Gasteiger partial charge on any atom is 0.333 e. The average Bonchev–Trinajstić information content (AvgIpc) is 0.922. The normalized spacial score (nSPS) is 14.0. The van der Waals surface area contributed by atoms with Gasteiger partial charge in [-0.15, -0.1) is 0 Å². The van der Waals surface area contributed by atoms with Gasteiger partial charge in [0.1, 0.15) is 58.6 Å². The minimum absolute atomic E-state index is 0.290. The zero-order chi connectivity index (χ0) is 86.1. The van der Waals surface area contributed by atoms with E-state index in [1.165, 1.54) is 55.9 Å². The summed E-state index contributed by atoms with van der Waals surface area (Å²) >= 11 is 0. The fourth-order valence-corrected chi connectivity index (χ4v) is 86.5. The molecule has 0 heterocycles. The number of hydrogen-bond donors (Lipinski definition) is 0. The molecule has 3 atom stereocenters. The number of rotatable bonds is 54. The highest BCUT2D eigenvalue weighted by molar-refractivity contribution is 6.90. The van der Waals surface area contributed by atoms with Crippen LogP contribution in [0, 0.1) is 0 Å². The van der Waals surface area contributed by atoms with Crippen molar-refractivity contribution >= 4 is 233 Å². The second kappa shape index (κ2) is 60.4. The molecule has 0 aliphatic rings. The average molecular weight is 1920 g/mol. The minimum Gasteiger partial charge on any atom is -0.463 e. The summed E-state index contributed by atoms with van der Waals surface area (Å²) in [5, 5.41) is 1.38. The van der Waals surface area contributed by atoms with Crippen LogP contribution < -0.4 is 5.19 Å². The fourth-order valence-electron chi connectivity index (χ4n) is 10.8. The first kappa shape index (κ1) is 115. The van der Waals surface area contributed by atoms with E-state index in [-0.39, 0.29) is 27.7 Å². The van der Waals surface area contributed by atoms with Crippen molar-refractivity contribution in [3.05, 3.63) is 115 Å². The molecular formula is C72H166O17Si22. The van der Waals surface area contributed by atoms with Crippen molar-refractivity contribution in [2.24, 2.45) is 0 Å². The Balaban J connectivity index is -0.00000132. The first-order valence-electron chi connectivity index (χ1n) is 40.9. The van der Waals surface area contributed by atoms with Crippen LogP contribution in [0.15, 0.2) is 98.1 Å². The maximum atomic E-state index is 11.2. The lowest BCUT2D eigenvalue weighted by Crippen LogP contribution is -2.42. The highest BCUT2D eigenvalue weighted by Gasteiger charge is 2.33. The molecule has 0 saturated heterocycles. The van der Waals surface area contributed by atoms with E-state index >= 15 is 0 Å². The SMILES string of the molecule is C=C(C)C(=O)OCCC[SiH2]O[Si](C)(C)C[SiH](C)O[SiH](C)C.C=C(C)C(=O)OCCC[SiH2]O[Si](C)(C)C[SiH](C)O[Si](C)(C)C.C=C(C)C(=O)OCCC[SiH2]O[Si](C)(C)C[SiH](C)O[Si](C)(C)C.C=Cc1ccc(C[SiH2]O[Si](C)(C)C[SiH2]O[Si](C)(C)C[SiH2]O[Si](C)(C)C)cc1.C=Cc1ccc([SiH2]O[Si](C)(C)C[SiH2]O[SiH](C)C)cc1. The lowest BCUT2D eigenvalue weighted by Gasteiger charge is -2.30. The lowest BCUT2D eigenvalue weighted by molar-refractivity contribution is -0.139. The Hall–Kier alpha value is -0.119. The summed E-state index contributed by atoms with van der Waals surface area (Å²) in [6.45, 7) is 88.9. The first-order valence-corrected chi connectivity index (χ1v) is 95.0. The summed E-state index contributed by atoms with van der Waals surface area (Å²) in [4.78, 5) is 33.7. The Labute approximate surface area is 717 Å². The van der Waals surface area contributed by atoms with E-state index in [0.29, 0.717) is 36.5 Å². The fraction of sp³-hybridized carbons (Fsp3) is 0.653. The molecule has 0 radical (unpaired) electrons. The molecular weight excluding hydrogens is 1750 g/mol. The van der Waals surface area contributed by atoms with Gasteiger partial charge in [-0.25, -0.2) is 14.4 Å². The van der Waals surface area contributed by atoms with Crippen LogP contribution in [0.25, 0.3) is 12.2 Å². The molecule has 2 aromatic rings. The van der Waals surface area contributed by atoms with Gasteiger partial charge in [-0.2, -0.15) is 0 Å². The smallest absolute Gasteiger partial charge is 0.333 e. The zero-order valence-electron chi connectivity index (χ0n) is 76.6. The molecule has 111 heavy (non-hydrogen) atoms. The maximum absolute atomic E-state index is 11.2. The second-order valence-electron chi connectivity index (χ2n) is 36.4. The van der Waals surface area contributed by atoms with Gasteiger partial charge in [-0.05, 0) is 303 Å². The second-order valence-corrected chi connectivity index (χ2v) is 109. The third kappa shape index (κ3) is 74.7. The van der Waals surface area contributed by atoms with Crippen molar-refractivity contribution in [2.45, 2.75) is 282 Å². The van der Waals surface area contributed by atoms with E-state index in [1.54, 1.807) is 20.8 Å². The molecule has 0 aromatic heterocycles. The standard InChI is InChI=1S/C18H40O3Si6.2C14H34O4Si4.C13H32O4Si4.C13H26O2Si4/c1-9-17-10-12-18(13-11-17)14-22-20-26(5,6)16-24-21-27(7,8)15-23-19-25(2,3)4;2*1-13(2)14(15)16-10-9-11-19-17-22(7,8)12-20(3)18-21(4,5)6;1-12(2)13(14)15-9-8-10-18-16-21(6,7)11-20(5)17-19(3)4;1-6-12-7-9-13(10-8-12)17-15-19(4,5)11-16-14-18(2)3/h9-13H,1,14-16,22-24H2,2-8H3;2*20H,1,9-12,19H2,2-8H3;19-20H,1,8-11,18H2,2-7H3;6-10,18H,1,11,16-17H2,2-5H3. The molecule has 2 rings (SSSR count). The lowest BCUT2D eigenvalue weighted by atomic mass is 10.1. The summed E-state index contributed by atoms with van der Waals surface area (Å²) < 4.78 is 83.8. The monoisotopic (exact) mass is 1920 g/mol. The predicted octanol–water partition coefficient (Wildman–Crippen LogP) is 12.6. The van der Waals surface area contributed by atoms with Gasteiger partial charge in [0.25, 0.3) is 0 Å². The zero-order valence-corrected chi connectivity index (χ0v) is 103. The van der Waals surface area contributed by atoms with Crippen LogP contribution in [0.4, 0.5) is 0 Å². The van der Waals surface area contributed by atoms with E-state index in [4.69, 9.17) is 59.5 Å². The Kier molecular flexibility index (Phi) is 62.6. The molecule has 0 N–H and O–H groups in total. The molecule has 0 aliphatic heterocycles. The van der Waals surface area contributed by atoms with Gasteiger partial charge >= 0.3 is 17.9 Å². The number of hydrogen-bond acceptors (Lipinski definition) is 17. The number of carbonyl (C=O) groups is 3. The van der Waals surface area contributed by atoms with Crippen LogP contribution in [0.3, 0.4) is 0 Å². The molecule has 39 heteroatoms. The van der Waals surface area contributed by atoms with Crippen LogP contribution in [0.5, 0.6) is 0 Å². The van der Waals surface area contributed by atoms with Gasteiger partial charge in [-0.3, -0.25) is 0 Å². The van der Waals surface area contributed by atoms with Gasteiger partial charge in [0.05, 0.1) is 19.8 Å². The van der Waals surface area contributed by atoms with Crippen molar-refractivity contribution in [1.29, 1.82) is 0 Å². The Bertz CT molecular complexity index is 2840. The van der Waals surface area contributed by atoms with Crippen LogP contribution >= 0.6 is 0 Å². The molecule has 0 amide bonds. The van der Waals surface area contributed by atoms with E-state index in [1.807, 2.05) is 12.2 Å². The molecule has 644 valence electrons. The Morgan fingerprint density at radius 1 is 0.378 bits per heavy atom. The Morgan fingerprint density at radius 3 is 1.02 bits per heavy atom. The van der Waals surface area contributed by atoms with Crippen LogP contribution in [-0.4, -0.2) is 236 Å². The minimum atomic E-state index is -1.57. The third-order valence-electron chi connectivity index (χ3n) is 16.3. The number of carbonyl (C=O) groups excluding carboxylic acids is 3. The van der Waals surface area contributed by atoms with Gasteiger partial charge in [0.2, 0.25) is 0 Å². The quantitative estimate of drug-likeness (QED) is 0.0200. The van der Waals surface area contributed by atoms with Crippen molar-refractivity contribution in [1.82, 2.24) is 0 Å². The molecule has 0 fully saturated rings. The van der Waals surface area contributed by atoms with Crippen molar-refractivity contribution < 1.29 is 73.9 Å². The molecule has 0 spiro atoms.